The number of carbonyl (C=O) groups excluding carboxylic acids is 2. The Labute approximate surface area is 143 Å². The van der Waals surface area contributed by atoms with Crippen molar-refractivity contribution in [2.45, 2.75) is 12.8 Å². The number of piperazine rings is 1. The molecule has 2 aliphatic heterocycles. The molecule has 1 aromatic carbocycles. The van der Waals surface area contributed by atoms with Crippen LogP contribution in [0.15, 0.2) is 36.4 Å². The van der Waals surface area contributed by atoms with Crippen molar-refractivity contribution in [3.63, 3.8) is 0 Å². The summed E-state index contributed by atoms with van der Waals surface area (Å²) in [6.07, 6.45) is 5.43. The monoisotopic (exact) mass is 327 g/mol. The molecule has 2 aliphatic rings. The van der Waals surface area contributed by atoms with Crippen molar-refractivity contribution in [1.82, 2.24) is 15.1 Å². The van der Waals surface area contributed by atoms with E-state index in [-0.39, 0.29) is 17.7 Å². The standard InChI is InChI=1S/C19H25N3O2/c23-18-15-17(8-9-20-18)19(24)22-13-11-21(12-14-22)10-4-7-16-5-2-1-3-6-16/h1-7,17H,8-15H2,(H,20,23)/b7-4+. The van der Waals surface area contributed by atoms with Crippen molar-refractivity contribution in [2.24, 2.45) is 5.92 Å². The first-order valence-electron chi connectivity index (χ1n) is 8.72. The molecule has 2 heterocycles. The second kappa shape index (κ2) is 8.11. The SMILES string of the molecule is O=C1CC(C(=O)N2CCN(C/C=C/c3ccccc3)CC2)CCN1. The third-order valence-electron chi connectivity index (χ3n) is 4.75. The molecule has 0 spiro atoms. The Morgan fingerprint density at radius 2 is 1.92 bits per heavy atom. The van der Waals surface area contributed by atoms with Crippen LogP contribution < -0.4 is 5.32 Å². The van der Waals surface area contributed by atoms with Crippen LogP contribution in [0.1, 0.15) is 18.4 Å². The molecule has 128 valence electrons. The molecular formula is C19H25N3O2. The summed E-state index contributed by atoms with van der Waals surface area (Å²) < 4.78 is 0. The van der Waals surface area contributed by atoms with E-state index in [0.29, 0.717) is 13.0 Å². The molecule has 0 aromatic heterocycles. The molecule has 2 amide bonds. The van der Waals surface area contributed by atoms with Gasteiger partial charge in [-0.15, -0.1) is 0 Å². The molecule has 2 saturated heterocycles. The lowest BCUT2D eigenvalue weighted by Gasteiger charge is -2.36. The summed E-state index contributed by atoms with van der Waals surface area (Å²) in [7, 11) is 0. The lowest BCUT2D eigenvalue weighted by molar-refractivity contribution is -0.141. The maximum absolute atomic E-state index is 12.5. The predicted octanol–water partition coefficient (Wildman–Crippen LogP) is 1.37. The molecule has 1 unspecified atom stereocenters. The average Bonchev–Trinajstić information content (AvgIpc) is 2.63. The quantitative estimate of drug-likeness (QED) is 0.909. The van der Waals surface area contributed by atoms with Crippen LogP contribution in [0, 0.1) is 5.92 Å². The highest BCUT2D eigenvalue weighted by Gasteiger charge is 2.30. The number of hydrogen-bond donors (Lipinski definition) is 1. The van der Waals surface area contributed by atoms with Gasteiger partial charge in [-0.25, -0.2) is 0 Å². The zero-order valence-corrected chi connectivity index (χ0v) is 14.0. The normalized spacial score (nSPS) is 22.6. The zero-order chi connectivity index (χ0) is 16.8. The molecule has 0 bridgehead atoms. The highest BCUT2D eigenvalue weighted by molar-refractivity contribution is 5.87. The fourth-order valence-corrected chi connectivity index (χ4v) is 3.31. The van der Waals surface area contributed by atoms with E-state index in [1.54, 1.807) is 0 Å². The zero-order valence-electron chi connectivity index (χ0n) is 14.0. The van der Waals surface area contributed by atoms with E-state index in [9.17, 15) is 9.59 Å². The molecule has 1 atom stereocenters. The van der Waals surface area contributed by atoms with Crippen LogP contribution in [0.2, 0.25) is 0 Å². The fourth-order valence-electron chi connectivity index (χ4n) is 3.31. The number of nitrogens with zero attached hydrogens (tertiary/aromatic N) is 2. The maximum Gasteiger partial charge on any atom is 0.226 e. The van der Waals surface area contributed by atoms with Gasteiger partial charge in [-0.1, -0.05) is 42.5 Å². The van der Waals surface area contributed by atoms with Crippen molar-refractivity contribution in [3.8, 4) is 0 Å². The highest BCUT2D eigenvalue weighted by atomic mass is 16.2. The summed E-state index contributed by atoms with van der Waals surface area (Å²) in [6.45, 7) is 4.84. The first-order valence-corrected chi connectivity index (χ1v) is 8.72. The van der Waals surface area contributed by atoms with Gasteiger partial charge in [0.15, 0.2) is 0 Å². The maximum atomic E-state index is 12.5. The summed E-state index contributed by atoms with van der Waals surface area (Å²) in [5.41, 5.74) is 1.21. The van der Waals surface area contributed by atoms with E-state index < -0.39 is 0 Å². The Morgan fingerprint density at radius 1 is 1.17 bits per heavy atom. The van der Waals surface area contributed by atoms with Crippen molar-refractivity contribution in [1.29, 1.82) is 0 Å². The smallest absolute Gasteiger partial charge is 0.226 e. The van der Waals surface area contributed by atoms with E-state index in [1.807, 2.05) is 23.1 Å². The van der Waals surface area contributed by atoms with E-state index in [4.69, 9.17) is 0 Å². The largest absolute Gasteiger partial charge is 0.356 e. The number of nitrogens with one attached hydrogen (secondary N) is 1. The second-order valence-corrected chi connectivity index (χ2v) is 6.48. The van der Waals surface area contributed by atoms with Crippen molar-refractivity contribution in [2.75, 3.05) is 39.3 Å². The molecule has 2 fully saturated rings. The summed E-state index contributed by atoms with van der Waals surface area (Å²) in [4.78, 5) is 28.3. The van der Waals surface area contributed by atoms with Crippen LogP contribution >= 0.6 is 0 Å². The summed E-state index contributed by atoms with van der Waals surface area (Å²) in [5, 5.41) is 2.79. The molecular weight excluding hydrogens is 302 g/mol. The van der Waals surface area contributed by atoms with Crippen LogP contribution in [0.5, 0.6) is 0 Å². The van der Waals surface area contributed by atoms with Gasteiger partial charge in [0, 0.05) is 51.6 Å². The van der Waals surface area contributed by atoms with Gasteiger partial charge in [0.25, 0.3) is 0 Å². The molecule has 0 radical (unpaired) electrons. The summed E-state index contributed by atoms with van der Waals surface area (Å²) in [5.74, 6) is 0.0388. The van der Waals surface area contributed by atoms with Crippen LogP contribution in [-0.4, -0.2) is 60.9 Å². The number of hydrogen-bond acceptors (Lipinski definition) is 3. The lowest BCUT2D eigenvalue weighted by Crippen LogP contribution is -2.51. The third-order valence-corrected chi connectivity index (χ3v) is 4.75. The Bertz CT molecular complexity index is 592. The van der Waals surface area contributed by atoms with Gasteiger partial charge in [-0.3, -0.25) is 14.5 Å². The van der Waals surface area contributed by atoms with Gasteiger partial charge in [0.2, 0.25) is 11.8 Å². The number of amides is 2. The number of benzene rings is 1. The van der Waals surface area contributed by atoms with Gasteiger partial charge in [-0.2, -0.15) is 0 Å². The van der Waals surface area contributed by atoms with Gasteiger partial charge >= 0.3 is 0 Å². The first kappa shape index (κ1) is 16.7. The minimum Gasteiger partial charge on any atom is -0.356 e. The van der Waals surface area contributed by atoms with E-state index >= 15 is 0 Å². The van der Waals surface area contributed by atoms with E-state index in [1.165, 1.54) is 5.56 Å². The minimum absolute atomic E-state index is 0.00397. The van der Waals surface area contributed by atoms with Gasteiger partial charge < -0.3 is 10.2 Å². The average molecular weight is 327 g/mol. The Balaban J connectivity index is 1.43. The van der Waals surface area contributed by atoms with Crippen molar-refractivity contribution >= 4 is 17.9 Å². The Hall–Kier alpha value is -2.14. The van der Waals surface area contributed by atoms with Crippen molar-refractivity contribution in [3.05, 3.63) is 42.0 Å². The molecule has 1 N–H and O–H groups in total. The number of carbonyl (C=O) groups is 2. The van der Waals surface area contributed by atoms with E-state index in [0.717, 1.165) is 39.1 Å². The fraction of sp³-hybridized carbons (Fsp3) is 0.474. The van der Waals surface area contributed by atoms with Crippen LogP contribution in [0.4, 0.5) is 0 Å². The van der Waals surface area contributed by atoms with Gasteiger partial charge in [-0.05, 0) is 12.0 Å². The lowest BCUT2D eigenvalue weighted by atomic mass is 9.95. The summed E-state index contributed by atoms with van der Waals surface area (Å²) in [6, 6.07) is 10.3. The predicted molar refractivity (Wildman–Crippen MR) is 94.2 cm³/mol. The third kappa shape index (κ3) is 4.45. The summed E-state index contributed by atoms with van der Waals surface area (Å²) >= 11 is 0. The van der Waals surface area contributed by atoms with Crippen LogP contribution in [0.25, 0.3) is 6.08 Å². The molecule has 5 nitrogen and oxygen atoms in total. The molecule has 3 rings (SSSR count). The second-order valence-electron chi connectivity index (χ2n) is 6.48. The molecule has 0 aliphatic carbocycles. The Morgan fingerprint density at radius 3 is 2.62 bits per heavy atom. The van der Waals surface area contributed by atoms with Gasteiger partial charge in [0.05, 0.1) is 0 Å². The van der Waals surface area contributed by atoms with Crippen LogP contribution in [0.3, 0.4) is 0 Å². The molecule has 5 heteroatoms. The number of rotatable bonds is 4. The van der Waals surface area contributed by atoms with Crippen LogP contribution in [-0.2, 0) is 9.59 Å². The number of piperidine rings is 1. The minimum atomic E-state index is -0.122. The Kier molecular flexibility index (Phi) is 5.64. The first-order chi connectivity index (χ1) is 11.7. The highest BCUT2D eigenvalue weighted by Crippen LogP contribution is 2.17. The van der Waals surface area contributed by atoms with Gasteiger partial charge in [0.1, 0.15) is 0 Å². The van der Waals surface area contributed by atoms with Crippen molar-refractivity contribution < 1.29 is 9.59 Å². The molecule has 1 aromatic rings. The van der Waals surface area contributed by atoms with E-state index in [2.05, 4.69) is 34.5 Å². The molecule has 24 heavy (non-hydrogen) atoms. The molecule has 0 saturated carbocycles. The topological polar surface area (TPSA) is 52.7 Å².